The van der Waals surface area contributed by atoms with Crippen LogP contribution in [0.4, 0.5) is 0 Å². The van der Waals surface area contributed by atoms with Crippen molar-refractivity contribution in [1.82, 2.24) is 4.90 Å². The summed E-state index contributed by atoms with van der Waals surface area (Å²) in [5.41, 5.74) is 1.38. The van der Waals surface area contributed by atoms with Crippen LogP contribution in [0.5, 0.6) is 0 Å². The molecule has 13 heavy (non-hydrogen) atoms. The molecule has 0 amide bonds. The molecular weight excluding hydrogens is 209 g/mol. The number of hydrogen-bond donors (Lipinski definition) is 0. The Morgan fingerprint density at radius 2 is 2.38 bits per heavy atom. The molecule has 4 heteroatoms. The predicted molar refractivity (Wildman–Crippen MR) is 55.0 cm³/mol. The highest BCUT2D eigenvalue weighted by Gasteiger charge is 2.19. The number of hydrogen-bond acceptors (Lipinski definition) is 2. The minimum atomic E-state index is 0.175. The van der Waals surface area contributed by atoms with Gasteiger partial charge in [-0.25, -0.2) is 0 Å². The summed E-state index contributed by atoms with van der Waals surface area (Å²) in [5.74, 6) is 0.175. The number of aldehydes is 1. The van der Waals surface area contributed by atoms with Crippen LogP contribution in [0.2, 0.25) is 0 Å². The van der Waals surface area contributed by atoms with E-state index in [2.05, 4.69) is 4.90 Å². The summed E-state index contributed by atoms with van der Waals surface area (Å²) in [4.78, 5) is 12.7. The Morgan fingerprint density at radius 1 is 1.62 bits per heavy atom. The number of carbonyl (C=O) groups is 1. The van der Waals surface area contributed by atoms with Crippen molar-refractivity contribution in [3.8, 4) is 0 Å². The van der Waals surface area contributed by atoms with Crippen LogP contribution in [0.1, 0.15) is 12.8 Å². The van der Waals surface area contributed by atoms with Crippen LogP contribution >= 0.6 is 23.2 Å². The number of nitrogens with zero attached hydrogens (tertiary/aromatic N) is 1. The van der Waals surface area contributed by atoms with Crippen LogP contribution in [0.15, 0.2) is 10.6 Å². The molecule has 0 bridgehead atoms. The maximum absolute atomic E-state index is 10.6. The molecule has 1 rings (SSSR count). The molecule has 1 aliphatic heterocycles. The van der Waals surface area contributed by atoms with E-state index in [-0.39, 0.29) is 5.92 Å². The third-order valence-electron chi connectivity index (χ3n) is 2.23. The highest BCUT2D eigenvalue weighted by Crippen LogP contribution is 2.16. The van der Waals surface area contributed by atoms with Crippen LogP contribution < -0.4 is 0 Å². The normalized spacial score (nSPS) is 26.0. The molecule has 1 saturated heterocycles. The largest absolute Gasteiger partial charge is 0.303 e. The number of carbonyl (C=O) groups excluding carboxylic acids is 1. The third-order valence-corrected chi connectivity index (χ3v) is 2.83. The first kappa shape index (κ1) is 11.0. The van der Waals surface area contributed by atoms with Gasteiger partial charge in [-0.1, -0.05) is 23.2 Å². The van der Waals surface area contributed by atoms with E-state index < -0.39 is 0 Å². The average molecular weight is 222 g/mol. The van der Waals surface area contributed by atoms with Gasteiger partial charge in [-0.05, 0) is 19.4 Å². The molecule has 1 atom stereocenters. The lowest BCUT2D eigenvalue weighted by atomic mass is 10.00. The van der Waals surface area contributed by atoms with Gasteiger partial charge in [0.25, 0.3) is 0 Å². The first-order valence-electron chi connectivity index (χ1n) is 4.38. The summed E-state index contributed by atoms with van der Waals surface area (Å²) in [6, 6.07) is 0. The van der Waals surface area contributed by atoms with Gasteiger partial charge in [0.15, 0.2) is 0 Å². The van der Waals surface area contributed by atoms with E-state index in [1.807, 2.05) is 0 Å². The van der Waals surface area contributed by atoms with Crippen LogP contribution in [0, 0.1) is 5.92 Å². The second-order valence-electron chi connectivity index (χ2n) is 3.33. The summed E-state index contributed by atoms with van der Waals surface area (Å²) in [6.07, 6.45) is 3.10. The van der Waals surface area contributed by atoms with E-state index in [0.29, 0.717) is 11.6 Å². The van der Waals surface area contributed by atoms with E-state index in [1.165, 1.54) is 5.54 Å². The van der Waals surface area contributed by atoms with Crippen LogP contribution in [-0.2, 0) is 4.79 Å². The van der Waals surface area contributed by atoms with Crippen molar-refractivity contribution in [1.29, 1.82) is 0 Å². The number of halogens is 2. The molecule has 0 aliphatic carbocycles. The number of likely N-dealkylation sites (tertiary alicyclic amines) is 1. The Labute approximate surface area is 88.5 Å². The van der Waals surface area contributed by atoms with Crippen molar-refractivity contribution in [3.05, 3.63) is 10.6 Å². The zero-order chi connectivity index (χ0) is 9.68. The van der Waals surface area contributed by atoms with Gasteiger partial charge in [-0.3, -0.25) is 4.90 Å². The maximum Gasteiger partial charge on any atom is 0.124 e. The van der Waals surface area contributed by atoms with Gasteiger partial charge < -0.3 is 4.79 Å². The fourth-order valence-corrected chi connectivity index (χ4v) is 1.83. The van der Waals surface area contributed by atoms with Gasteiger partial charge in [0, 0.05) is 29.6 Å². The van der Waals surface area contributed by atoms with Crippen molar-refractivity contribution >= 4 is 29.5 Å². The number of rotatable bonds is 3. The van der Waals surface area contributed by atoms with E-state index in [1.54, 1.807) is 0 Å². The molecule has 1 aliphatic rings. The van der Waals surface area contributed by atoms with Gasteiger partial charge in [-0.2, -0.15) is 0 Å². The molecular formula is C9H13Cl2NO. The Hall–Kier alpha value is -0.0500. The molecule has 1 heterocycles. The van der Waals surface area contributed by atoms with Crippen LogP contribution in [0.25, 0.3) is 0 Å². The summed E-state index contributed by atoms with van der Waals surface area (Å²) < 4.78 is 0. The lowest BCUT2D eigenvalue weighted by Gasteiger charge is -2.29. The number of piperidine rings is 1. The minimum absolute atomic E-state index is 0.175. The predicted octanol–water partition coefficient (Wildman–Crippen LogP) is 2.22. The van der Waals surface area contributed by atoms with Crippen molar-refractivity contribution in [3.63, 3.8) is 0 Å². The Balaban J connectivity index is 2.38. The molecule has 0 N–H and O–H groups in total. The first-order chi connectivity index (χ1) is 6.26. The van der Waals surface area contributed by atoms with Crippen molar-refractivity contribution in [2.75, 3.05) is 19.6 Å². The van der Waals surface area contributed by atoms with Gasteiger partial charge in [-0.15, -0.1) is 0 Å². The lowest BCUT2D eigenvalue weighted by molar-refractivity contribution is -0.112. The molecule has 74 valence electrons. The second kappa shape index (κ2) is 5.63. The average Bonchev–Trinajstić information content (AvgIpc) is 2.18. The zero-order valence-corrected chi connectivity index (χ0v) is 8.89. The fourth-order valence-electron chi connectivity index (χ4n) is 1.59. The topological polar surface area (TPSA) is 20.3 Å². The first-order valence-corrected chi connectivity index (χ1v) is 5.20. The molecule has 2 nitrogen and oxygen atoms in total. The van der Waals surface area contributed by atoms with Gasteiger partial charge in [0.2, 0.25) is 0 Å². The van der Waals surface area contributed by atoms with E-state index in [4.69, 9.17) is 23.2 Å². The smallest absolute Gasteiger partial charge is 0.124 e. The highest BCUT2D eigenvalue weighted by molar-refractivity contribution is 6.36. The standard InChI is InChI=1S/C9H13Cl2NO/c10-4-9(11)6-12-3-1-2-8(5-12)7-13/h4,7-8H,1-3,5-6H2/b9-4+. The fraction of sp³-hybridized carbons (Fsp3) is 0.667. The van der Waals surface area contributed by atoms with Crippen molar-refractivity contribution in [2.45, 2.75) is 12.8 Å². The molecule has 0 radical (unpaired) electrons. The van der Waals surface area contributed by atoms with Crippen LogP contribution in [-0.4, -0.2) is 30.8 Å². The highest BCUT2D eigenvalue weighted by atomic mass is 35.5. The van der Waals surface area contributed by atoms with Gasteiger partial charge >= 0.3 is 0 Å². The molecule has 0 saturated carbocycles. The van der Waals surface area contributed by atoms with Gasteiger partial charge in [0.1, 0.15) is 6.29 Å². The molecule has 0 aromatic carbocycles. The van der Waals surface area contributed by atoms with Gasteiger partial charge in [0.05, 0.1) is 0 Å². The third kappa shape index (κ3) is 3.67. The van der Waals surface area contributed by atoms with E-state index in [0.717, 1.165) is 32.2 Å². The Morgan fingerprint density at radius 3 is 3.00 bits per heavy atom. The van der Waals surface area contributed by atoms with E-state index >= 15 is 0 Å². The SMILES string of the molecule is O=CC1CCCN(C/C(Cl)=C\Cl)C1. The zero-order valence-electron chi connectivity index (χ0n) is 7.38. The van der Waals surface area contributed by atoms with Crippen molar-refractivity contribution in [2.24, 2.45) is 5.92 Å². The quantitative estimate of drug-likeness (QED) is 0.682. The summed E-state index contributed by atoms with van der Waals surface area (Å²) in [6.45, 7) is 2.48. The van der Waals surface area contributed by atoms with Crippen LogP contribution in [0.3, 0.4) is 0 Å². The minimum Gasteiger partial charge on any atom is -0.303 e. The Kier molecular flexibility index (Phi) is 4.78. The maximum atomic E-state index is 10.6. The van der Waals surface area contributed by atoms with E-state index in [9.17, 15) is 4.79 Å². The molecule has 1 unspecified atom stereocenters. The summed E-state index contributed by atoms with van der Waals surface area (Å²) >= 11 is 11.2. The Bertz CT molecular complexity index is 206. The monoisotopic (exact) mass is 221 g/mol. The lowest BCUT2D eigenvalue weighted by Crippen LogP contribution is -2.36. The molecule has 0 aromatic rings. The molecule has 1 fully saturated rings. The summed E-state index contributed by atoms with van der Waals surface area (Å²) in [5, 5.41) is 0.633. The summed E-state index contributed by atoms with van der Waals surface area (Å²) in [7, 11) is 0. The second-order valence-corrected chi connectivity index (χ2v) is 4.03. The van der Waals surface area contributed by atoms with Crippen molar-refractivity contribution < 1.29 is 4.79 Å². The molecule has 0 aromatic heterocycles. The molecule has 0 spiro atoms.